The maximum atomic E-state index is 12.0. The zero-order chi connectivity index (χ0) is 7.33. The van der Waals surface area contributed by atoms with E-state index < -0.39 is 5.92 Å². The Hall–Kier alpha value is 0.210. The van der Waals surface area contributed by atoms with Crippen LogP contribution in [0.5, 0.6) is 0 Å². The van der Waals surface area contributed by atoms with Crippen molar-refractivity contribution in [2.75, 3.05) is 5.75 Å². The molecule has 0 heterocycles. The fraction of sp³-hybridized carbons (Fsp3) is 1.00. The Balaban J connectivity index is 3.07. The van der Waals surface area contributed by atoms with Crippen molar-refractivity contribution in [3.8, 4) is 0 Å². The lowest BCUT2D eigenvalue weighted by Crippen LogP contribution is -2.08. The van der Waals surface area contributed by atoms with Crippen LogP contribution in [0, 0.1) is 0 Å². The van der Waals surface area contributed by atoms with Gasteiger partial charge >= 0.3 is 0 Å². The van der Waals surface area contributed by atoms with Crippen LogP contribution in [0.3, 0.4) is 0 Å². The second kappa shape index (κ2) is 4.09. The summed E-state index contributed by atoms with van der Waals surface area (Å²) in [5, 5.41) is 0. The highest BCUT2D eigenvalue weighted by Gasteiger charge is 2.19. The first-order valence-corrected chi connectivity index (χ1v) is 3.60. The average molecular weight is 153 g/mol. The molecule has 1 radical (unpaired) electrons. The predicted molar refractivity (Wildman–Crippen MR) is 36.9 cm³/mol. The van der Waals surface area contributed by atoms with Crippen molar-refractivity contribution in [3.05, 3.63) is 0 Å². The van der Waals surface area contributed by atoms with Gasteiger partial charge in [-0.3, -0.25) is 0 Å². The zero-order valence-corrected chi connectivity index (χ0v) is 6.31. The Morgan fingerprint density at radius 1 is 1.33 bits per heavy atom. The molecule has 0 aromatic heterocycles. The van der Waals surface area contributed by atoms with E-state index in [2.05, 4.69) is 12.6 Å². The Morgan fingerprint density at radius 2 is 1.89 bits per heavy atom. The molecule has 0 unspecified atom stereocenters. The van der Waals surface area contributed by atoms with Crippen LogP contribution >= 0.6 is 12.6 Å². The minimum atomic E-state index is -2.50. The molecule has 55 valence electrons. The lowest BCUT2D eigenvalue weighted by atomic mass is 10.2. The van der Waals surface area contributed by atoms with E-state index in [0.29, 0.717) is 12.2 Å². The molecule has 0 nitrogen and oxygen atoms in total. The van der Waals surface area contributed by atoms with Gasteiger partial charge in [0.05, 0.1) is 0 Å². The van der Waals surface area contributed by atoms with E-state index in [1.807, 2.05) is 0 Å². The van der Waals surface area contributed by atoms with Crippen molar-refractivity contribution in [2.45, 2.75) is 32.1 Å². The molecule has 0 aliphatic carbocycles. The molecule has 0 spiro atoms. The Labute approximate surface area is 60.1 Å². The van der Waals surface area contributed by atoms with Gasteiger partial charge in [0.25, 0.3) is 0 Å². The zero-order valence-electron chi connectivity index (χ0n) is 5.49. The first-order valence-electron chi connectivity index (χ1n) is 3.02. The number of hydrogen-bond acceptors (Lipinski definition) is 0. The van der Waals surface area contributed by atoms with Crippen molar-refractivity contribution in [2.24, 2.45) is 0 Å². The summed E-state index contributed by atoms with van der Waals surface area (Å²) in [6, 6.07) is 0. The van der Waals surface area contributed by atoms with Gasteiger partial charge in [0, 0.05) is 12.2 Å². The minimum absolute atomic E-state index is 0.0242. The lowest BCUT2D eigenvalue weighted by Gasteiger charge is -2.07. The molecular weight excluding hydrogens is 142 g/mol. The first-order chi connectivity index (χ1) is 4.06. The van der Waals surface area contributed by atoms with Gasteiger partial charge in [0.2, 0.25) is 5.92 Å². The third kappa shape index (κ3) is 8.21. The highest BCUT2D eigenvalue weighted by atomic mass is 32.1. The molecule has 0 saturated carbocycles. The maximum absolute atomic E-state index is 12.0. The van der Waals surface area contributed by atoms with Gasteiger partial charge in [-0.2, -0.15) is 0 Å². The lowest BCUT2D eigenvalue weighted by molar-refractivity contribution is 0.0109. The van der Waals surface area contributed by atoms with E-state index in [-0.39, 0.29) is 6.42 Å². The molecule has 0 aliphatic rings. The highest BCUT2D eigenvalue weighted by Crippen LogP contribution is 2.19. The van der Waals surface area contributed by atoms with Crippen molar-refractivity contribution in [1.29, 1.82) is 0 Å². The standard InChI is InChI=1S/C6H11F2S/c1-6(7,8)4-2-3-5-9/h2-5H2,1H3. The quantitative estimate of drug-likeness (QED) is 0.544. The van der Waals surface area contributed by atoms with E-state index in [4.69, 9.17) is 0 Å². The van der Waals surface area contributed by atoms with Gasteiger partial charge in [-0.25, -0.2) is 8.78 Å². The Bertz CT molecular complexity index is 67.9. The molecule has 3 heteroatoms. The van der Waals surface area contributed by atoms with Gasteiger partial charge in [0.15, 0.2) is 0 Å². The average Bonchev–Trinajstić information content (AvgIpc) is 1.63. The van der Waals surface area contributed by atoms with E-state index in [1.165, 1.54) is 0 Å². The summed E-state index contributed by atoms with van der Waals surface area (Å²) in [6.07, 6.45) is 1.26. The van der Waals surface area contributed by atoms with Gasteiger partial charge in [-0.1, -0.05) is 12.6 Å². The van der Waals surface area contributed by atoms with Crippen molar-refractivity contribution in [1.82, 2.24) is 0 Å². The summed E-state index contributed by atoms with van der Waals surface area (Å²) in [5.74, 6) is -1.90. The molecule has 0 amide bonds. The van der Waals surface area contributed by atoms with Crippen LogP contribution in [0.1, 0.15) is 26.2 Å². The fourth-order valence-electron chi connectivity index (χ4n) is 0.537. The normalized spacial score (nSPS) is 12.0. The van der Waals surface area contributed by atoms with Crippen LogP contribution in [-0.4, -0.2) is 11.7 Å². The van der Waals surface area contributed by atoms with Gasteiger partial charge in [-0.15, -0.1) is 0 Å². The molecule has 0 aromatic rings. The Morgan fingerprint density at radius 3 is 2.22 bits per heavy atom. The van der Waals surface area contributed by atoms with E-state index >= 15 is 0 Å². The van der Waals surface area contributed by atoms with Gasteiger partial charge in [-0.05, 0) is 19.8 Å². The summed E-state index contributed by atoms with van der Waals surface area (Å²) in [6.45, 7) is 0.941. The van der Waals surface area contributed by atoms with Gasteiger partial charge in [0.1, 0.15) is 0 Å². The van der Waals surface area contributed by atoms with Crippen molar-refractivity contribution in [3.63, 3.8) is 0 Å². The second-order valence-electron chi connectivity index (χ2n) is 2.23. The van der Waals surface area contributed by atoms with Crippen LogP contribution in [0.4, 0.5) is 8.78 Å². The number of halogens is 2. The topological polar surface area (TPSA) is 0 Å². The monoisotopic (exact) mass is 153 g/mol. The molecule has 0 bridgehead atoms. The minimum Gasteiger partial charge on any atom is -0.207 e. The molecule has 0 N–H and O–H groups in total. The second-order valence-corrected chi connectivity index (χ2v) is 2.64. The number of alkyl halides is 2. The molecule has 0 aliphatic heterocycles. The third-order valence-corrected chi connectivity index (χ3v) is 1.30. The molecule has 0 saturated heterocycles. The summed E-state index contributed by atoms with van der Waals surface area (Å²) in [7, 11) is 0. The van der Waals surface area contributed by atoms with E-state index in [1.54, 1.807) is 0 Å². The molecular formula is C6H11F2S. The van der Waals surface area contributed by atoms with Crippen LogP contribution in [0.25, 0.3) is 0 Å². The smallest absolute Gasteiger partial charge is 0.207 e. The van der Waals surface area contributed by atoms with Crippen LogP contribution in [0.2, 0.25) is 0 Å². The van der Waals surface area contributed by atoms with E-state index in [0.717, 1.165) is 13.3 Å². The van der Waals surface area contributed by atoms with Gasteiger partial charge < -0.3 is 0 Å². The number of rotatable bonds is 4. The van der Waals surface area contributed by atoms with Crippen molar-refractivity contribution < 1.29 is 8.78 Å². The predicted octanol–water partition coefficient (Wildman–Crippen LogP) is 3.01. The first kappa shape index (κ1) is 9.21. The third-order valence-electron chi connectivity index (χ3n) is 1.01. The molecule has 9 heavy (non-hydrogen) atoms. The summed E-state index contributed by atoms with van der Waals surface area (Å²) < 4.78 is 24.0. The SMILES string of the molecule is CC(F)(F)CCCC[S]. The molecule has 0 atom stereocenters. The molecule has 0 aromatic carbocycles. The molecule has 0 fully saturated rings. The molecule has 0 rings (SSSR count). The fourth-order valence-corrected chi connectivity index (χ4v) is 0.742. The highest BCUT2D eigenvalue weighted by molar-refractivity contribution is 7.80. The largest absolute Gasteiger partial charge is 0.245 e. The summed E-state index contributed by atoms with van der Waals surface area (Å²) in [4.78, 5) is 0. The number of unbranched alkanes of at least 4 members (excludes halogenated alkanes) is 1. The van der Waals surface area contributed by atoms with Crippen LogP contribution in [-0.2, 0) is 0 Å². The Kier molecular flexibility index (Phi) is 4.19. The maximum Gasteiger partial charge on any atom is 0.245 e. The van der Waals surface area contributed by atoms with Crippen molar-refractivity contribution >= 4 is 12.6 Å². The number of hydrogen-bond donors (Lipinski definition) is 0. The van der Waals surface area contributed by atoms with E-state index in [9.17, 15) is 8.78 Å². The van der Waals surface area contributed by atoms with Crippen LogP contribution in [0.15, 0.2) is 0 Å². The summed E-state index contributed by atoms with van der Waals surface area (Å²) >= 11 is 4.60. The van der Waals surface area contributed by atoms with Crippen LogP contribution < -0.4 is 0 Å². The summed E-state index contributed by atoms with van der Waals surface area (Å²) in [5.41, 5.74) is 0.